The van der Waals surface area contributed by atoms with Gasteiger partial charge in [0.25, 0.3) is 23.6 Å². The smallest absolute Gasteiger partial charge is 0.288 e. The van der Waals surface area contributed by atoms with E-state index in [0.29, 0.717) is 69.9 Å². The van der Waals surface area contributed by atoms with Gasteiger partial charge in [0.1, 0.15) is 10.0 Å². The van der Waals surface area contributed by atoms with Crippen LogP contribution < -0.4 is 25.8 Å². The Morgan fingerprint density at radius 3 is 2.03 bits per heavy atom. The minimum atomic E-state index is -0.897. The van der Waals surface area contributed by atoms with Crippen molar-refractivity contribution in [2.45, 2.75) is 47.9 Å². The van der Waals surface area contributed by atoms with Crippen molar-refractivity contribution in [1.29, 1.82) is 0 Å². The number of ether oxygens (including phenoxy) is 2. The van der Waals surface area contributed by atoms with Crippen LogP contribution >= 0.6 is 45.8 Å². The van der Waals surface area contributed by atoms with Crippen molar-refractivity contribution in [3.63, 3.8) is 0 Å². The van der Waals surface area contributed by atoms with E-state index < -0.39 is 6.10 Å². The molecule has 0 spiro atoms. The quantitative estimate of drug-likeness (QED) is 0.194. The number of nitrogens with zero attached hydrogens (tertiary/aromatic N) is 10. The molecule has 4 amide bonds. The third kappa shape index (κ3) is 10.1. The first-order valence-corrected chi connectivity index (χ1v) is 24.8. The first-order chi connectivity index (χ1) is 32.7. The van der Waals surface area contributed by atoms with E-state index >= 15 is 0 Å². The average Bonchev–Trinajstić information content (AvgIpc) is 3.67. The number of carbonyl (C=O) groups excluding carboxylic acids is 4. The summed E-state index contributed by atoms with van der Waals surface area (Å²) in [7, 11) is 6.99. The molecule has 0 bridgehead atoms. The summed E-state index contributed by atoms with van der Waals surface area (Å²) in [6, 6.07) is -0.519. The van der Waals surface area contributed by atoms with E-state index in [1.165, 1.54) is 7.05 Å². The van der Waals surface area contributed by atoms with Crippen LogP contribution in [0.15, 0.2) is 77.7 Å². The van der Waals surface area contributed by atoms with Gasteiger partial charge in [-0.25, -0.2) is 9.97 Å². The third-order valence-electron chi connectivity index (χ3n) is 13.3. The Balaban J connectivity index is 0.906. The molecule has 22 heteroatoms. The van der Waals surface area contributed by atoms with Gasteiger partial charge in [-0.3, -0.25) is 19.2 Å². The topological polar surface area (TPSA) is 194 Å². The number of nitrogens with one attached hydrogen (secondary N) is 3. The van der Waals surface area contributed by atoms with Crippen LogP contribution in [0.4, 0.5) is 23.5 Å². The van der Waals surface area contributed by atoms with Crippen LogP contribution in [-0.2, 0) is 35.2 Å². The molecule has 5 aliphatic heterocycles. The number of piperazine rings is 1. The Morgan fingerprint density at radius 2 is 1.37 bits per heavy atom. The highest BCUT2D eigenvalue weighted by Crippen LogP contribution is 2.36. The molecule has 3 fully saturated rings. The summed E-state index contributed by atoms with van der Waals surface area (Å²) in [6.07, 6.45) is 18.3. The third-order valence-corrected chi connectivity index (χ3v) is 15.2. The van der Waals surface area contributed by atoms with Gasteiger partial charge >= 0.3 is 0 Å². The van der Waals surface area contributed by atoms with Gasteiger partial charge in [-0.15, -0.1) is 0 Å². The molecular formula is C46H54Cl2IN13O6. The summed E-state index contributed by atoms with van der Waals surface area (Å²) in [4.78, 5) is 83.2. The zero-order chi connectivity index (χ0) is 47.8. The molecule has 9 rings (SSSR count). The van der Waals surface area contributed by atoms with Gasteiger partial charge in [0.05, 0.1) is 30.5 Å². The maximum absolute atomic E-state index is 14.1. The normalized spacial score (nSPS) is 25.4. The van der Waals surface area contributed by atoms with E-state index in [9.17, 15) is 19.2 Å². The Hall–Kier alpha value is -5.45. The second kappa shape index (κ2) is 20.3. The summed E-state index contributed by atoms with van der Waals surface area (Å²) in [5.41, 5.74) is 1.88. The first-order valence-electron chi connectivity index (χ1n) is 22.7. The molecular weight excluding hydrogens is 1030 g/mol. The van der Waals surface area contributed by atoms with Gasteiger partial charge in [0.15, 0.2) is 35.9 Å². The van der Waals surface area contributed by atoms with E-state index in [1.807, 2.05) is 36.5 Å². The SMILES string of the molecule is CNC(=O)COC1=CC2C=C(Nc3nc(N4CCN(C)CC4)nc(CN4CC[C@H](OC5=CC6C=C(Nc7nc(N8CCC(I)CC8)ncc7Cl)C=CC6N(C)C5=O)C4=O)c3Cl)C=CC2N(C)C1=O. The Bertz CT molecular complexity index is 2540. The Labute approximate surface area is 418 Å². The number of allylic oxidation sites excluding steroid dienone is 2. The molecule has 7 aliphatic rings. The molecule has 7 heterocycles. The van der Waals surface area contributed by atoms with E-state index in [2.05, 4.69) is 65.3 Å². The van der Waals surface area contributed by atoms with Crippen LogP contribution in [0.1, 0.15) is 25.0 Å². The highest BCUT2D eigenvalue weighted by Gasteiger charge is 2.41. The molecule has 0 saturated carbocycles. The number of fused-ring (bicyclic) bond motifs is 2. The molecule has 360 valence electrons. The molecule has 0 radical (unpaired) electrons. The number of likely N-dealkylation sites (tertiary alicyclic amines) is 1. The molecule has 2 aromatic heterocycles. The van der Waals surface area contributed by atoms with Gasteiger partial charge in [-0.05, 0) is 44.2 Å². The number of aromatic nitrogens is 4. The van der Waals surface area contributed by atoms with Crippen LogP contribution in [0.2, 0.25) is 10.0 Å². The molecule has 5 atom stereocenters. The molecule has 3 N–H and O–H groups in total. The lowest BCUT2D eigenvalue weighted by Gasteiger charge is -2.37. The monoisotopic (exact) mass is 1080 g/mol. The first kappa shape index (κ1) is 47.6. The van der Waals surface area contributed by atoms with Crippen LogP contribution in [0.3, 0.4) is 0 Å². The second-order valence-electron chi connectivity index (χ2n) is 17.8. The van der Waals surface area contributed by atoms with Gasteiger partial charge in [-0.2, -0.15) is 9.97 Å². The maximum atomic E-state index is 14.1. The van der Waals surface area contributed by atoms with Crippen molar-refractivity contribution in [2.24, 2.45) is 11.8 Å². The minimum absolute atomic E-state index is 0.0841. The second-order valence-corrected chi connectivity index (χ2v) is 20.4. The molecule has 2 aromatic rings. The van der Waals surface area contributed by atoms with E-state index in [1.54, 1.807) is 47.1 Å². The molecule has 68 heavy (non-hydrogen) atoms. The number of rotatable bonds is 13. The van der Waals surface area contributed by atoms with E-state index in [0.717, 1.165) is 44.7 Å². The standard InChI is InChI=1S/C46H54Cl2IN13O6/c1-50-38(63)25-67-36-21-26-19-30(6-8-33(26)58(3)42(36)64)53-41-39(48)32(54-46(56-41)61-17-15-57(2)16-18-61)24-62-14-11-35(44(62)66)68-37-22-27-20-29(5-7-34(27)59(4)43(37)65)52-40-31(47)23-51-45(55-40)60-12-9-28(49)10-13-60/h5-8,19-23,26-28,33-35H,9-18,24-25H2,1-4H3,(H,50,63)(H,51,52,55)(H,53,54,56)/t26?,27?,33?,34?,35-/m0/s1. The summed E-state index contributed by atoms with van der Waals surface area (Å²) in [5.74, 6) is 0.358. The van der Waals surface area contributed by atoms with Gasteiger partial charge < -0.3 is 54.8 Å². The fourth-order valence-electron chi connectivity index (χ4n) is 9.19. The van der Waals surface area contributed by atoms with Crippen LogP contribution in [-0.4, -0.2) is 166 Å². The summed E-state index contributed by atoms with van der Waals surface area (Å²) < 4.78 is 12.5. The van der Waals surface area contributed by atoms with Gasteiger partial charge in [0, 0.05) is 101 Å². The summed E-state index contributed by atoms with van der Waals surface area (Å²) in [6.45, 7) is 4.94. The van der Waals surface area contributed by atoms with Crippen LogP contribution in [0.5, 0.6) is 0 Å². The number of halogens is 3. The molecule has 2 aliphatic carbocycles. The van der Waals surface area contributed by atoms with Crippen molar-refractivity contribution < 1.29 is 28.7 Å². The molecule has 0 aromatic carbocycles. The van der Waals surface area contributed by atoms with Gasteiger partial charge in [0.2, 0.25) is 11.9 Å². The van der Waals surface area contributed by atoms with Crippen LogP contribution in [0, 0.1) is 11.8 Å². The fourth-order valence-corrected chi connectivity index (χ4v) is 10.1. The number of piperidine rings is 1. The van der Waals surface area contributed by atoms with E-state index in [4.69, 9.17) is 47.6 Å². The number of hydrogen-bond acceptors (Lipinski definition) is 15. The van der Waals surface area contributed by atoms with Crippen molar-refractivity contribution in [1.82, 2.24) is 44.9 Å². The predicted octanol–water partition coefficient (Wildman–Crippen LogP) is 3.72. The van der Waals surface area contributed by atoms with Crippen molar-refractivity contribution >= 4 is 93.0 Å². The molecule has 19 nitrogen and oxygen atoms in total. The van der Waals surface area contributed by atoms with Crippen LogP contribution in [0.25, 0.3) is 0 Å². The number of alkyl halides is 1. The number of anilines is 4. The highest BCUT2D eigenvalue weighted by atomic mass is 127. The Kier molecular flexibility index (Phi) is 14.2. The zero-order valence-electron chi connectivity index (χ0n) is 38.2. The highest BCUT2D eigenvalue weighted by molar-refractivity contribution is 14.1. The van der Waals surface area contributed by atoms with Crippen molar-refractivity contribution in [2.75, 3.05) is 101 Å². The largest absolute Gasteiger partial charge is 0.478 e. The summed E-state index contributed by atoms with van der Waals surface area (Å²) >= 11 is 16.2. The lowest BCUT2D eigenvalue weighted by molar-refractivity contribution is -0.140. The molecule has 3 saturated heterocycles. The average molecular weight is 1080 g/mol. The maximum Gasteiger partial charge on any atom is 0.288 e. The summed E-state index contributed by atoms with van der Waals surface area (Å²) in [5, 5.41) is 9.89. The van der Waals surface area contributed by atoms with Gasteiger partial charge in [-0.1, -0.05) is 70.1 Å². The number of amides is 4. The number of hydrogen-bond donors (Lipinski definition) is 3. The van der Waals surface area contributed by atoms with Crippen molar-refractivity contribution in [3.05, 3.63) is 93.5 Å². The number of carbonyl (C=O) groups is 4. The minimum Gasteiger partial charge on any atom is -0.478 e. The number of likely N-dealkylation sites (N-methyl/N-ethyl adjacent to an activating group) is 4. The zero-order valence-corrected chi connectivity index (χ0v) is 41.9. The lowest BCUT2D eigenvalue weighted by atomic mass is 9.89. The predicted molar refractivity (Wildman–Crippen MR) is 266 cm³/mol. The van der Waals surface area contributed by atoms with Crippen molar-refractivity contribution in [3.8, 4) is 0 Å². The Morgan fingerprint density at radius 1 is 0.765 bits per heavy atom. The lowest BCUT2D eigenvalue weighted by Crippen LogP contribution is -2.46. The van der Waals surface area contributed by atoms with E-state index in [-0.39, 0.29) is 77.2 Å². The molecule has 4 unspecified atom stereocenters. The fraction of sp³-hybridized carbons (Fsp3) is 0.478.